The van der Waals surface area contributed by atoms with E-state index in [4.69, 9.17) is 0 Å². The minimum atomic E-state index is -0.821. The Labute approximate surface area is 163 Å². The van der Waals surface area contributed by atoms with Crippen LogP contribution >= 0.6 is 0 Å². The summed E-state index contributed by atoms with van der Waals surface area (Å²) < 4.78 is 13.0. The van der Waals surface area contributed by atoms with E-state index in [0.29, 0.717) is 22.1 Å². The zero-order valence-corrected chi connectivity index (χ0v) is 15.8. The van der Waals surface area contributed by atoms with Crippen molar-refractivity contribution in [3.05, 3.63) is 58.9 Å². The Bertz CT molecular complexity index is 837. The number of amides is 2. The third-order valence-corrected chi connectivity index (χ3v) is 5.07. The van der Waals surface area contributed by atoms with Gasteiger partial charge in [-0.3, -0.25) is 19.8 Å². The lowest BCUT2D eigenvalue weighted by atomic mass is 9.87. The van der Waals surface area contributed by atoms with Gasteiger partial charge in [-0.1, -0.05) is 37.5 Å². The van der Waals surface area contributed by atoms with E-state index in [1.807, 2.05) is 6.08 Å². The summed E-state index contributed by atoms with van der Waals surface area (Å²) in [5.41, 5.74) is 1.12. The van der Waals surface area contributed by atoms with Crippen molar-refractivity contribution in [1.29, 1.82) is 0 Å². The number of amidine groups is 1. The molecular weight excluding hydrogens is 361 g/mol. The van der Waals surface area contributed by atoms with E-state index in [1.54, 1.807) is 12.1 Å². The van der Waals surface area contributed by atoms with Gasteiger partial charge in [0, 0.05) is 19.2 Å². The molecule has 1 aliphatic heterocycles. The predicted molar refractivity (Wildman–Crippen MR) is 103 cm³/mol. The standard InChI is InChI=1S/C21H24FN3O3/c1-23-19-16(11-14-5-3-2-4-6-14)12-18(21(27)25(19)28)20(26)24-13-15-7-9-17(22)10-8-15/h7-12,14,28H,2-6,13H2,1H3,(H,24,26)/b16-11-,23-19?. The molecule has 0 spiro atoms. The van der Waals surface area contributed by atoms with Crippen LogP contribution in [0.4, 0.5) is 4.39 Å². The Morgan fingerprint density at radius 3 is 2.61 bits per heavy atom. The van der Waals surface area contributed by atoms with Crippen LogP contribution in [0.2, 0.25) is 0 Å². The Hall–Kier alpha value is -2.80. The summed E-state index contributed by atoms with van der Waals surface area (Å²) >= 11 is 0. The highest BCUT2D eigenvalue weighted by Gasteiger charge is 2.33. The molecular formula is C21H24FN3O3. The van der Waals surface area contributed by atoms with Gasteiger partial charge >= 0.3 is 0 Å². The number of nitrogens with zero attached hydrogens (tertiary/aromatic N) is 2. The maximum absolute atomic E-state index is 13.0. The summed E-state index contributed by atoms with van der Waals surface area (Å²) in [5.74, 6) is -1.30. The van der Waals surface area contributed by atoms with Crippen molar-refractivity contribution in [2.45, 2.75) is 38.6 Å². The first-order valence-corrected chi connectivity index (χ1v) is 9.46. The molecule has 1 aromatic carbocycles. The average molecular weight is 385 g/mol. The number of rotatable bonds is 4. The predicted octanol–water partition coefficient (Wildman–Crippen LogP) is 3.13. The van der Waals surface area contributed by atoms with E-state index in [2.05, 4.69) is 10.3 Å². The smallest absolute Gasteiger partial charge is 0.289 e. The lowest BCUT2D eigenvalue weighted by Gasteiger charge is -2.26. The van der Waals surface area contributed by atoms with Crippen molar-refractivity contribution >= 4 is 17.6 Å². The van der Waals surface area contributed by atoms with Gasteiger partial charge in [-0.05, 0) is 42.5 Å². The van der Waals surface area contributed by atoms with Crippen molar-refractivity contribution in [3.8, 4) is 0 Å². The van der Waals surface area contributed by atoms with Crippen LogP contribution in [0, 0.1) is 11.7 Å². The number of carbonyl (C=O) groups is 2. The number of hydrogen-bond acceptors (Lipinski definition) is 4. The van der Waals surface area contributed by atoms with Crippen LogP contribution in [0.3, 0.4) is 0 Å². The number of halogens is 1. The third kappa shape index (κ3) is 4.54. The molecule has 2 aliphatic rings. The molecule has 7 heteroatoms. The topological polar surface area (TPSA) is 82.0 Å². The number of aliphatic imine (C=N–C) groups is 1. The molecule has 6 nitrogen and oxygen atoms in total. The summed E-state index contributed by atoms with van der Waals surface area (Å²) in [6.45, 7) is 0.144. The fourth-order valence-corrected chi connectivity index (χ4v) is 3.56. The quantitative estimate of drug-likeness (QED) is 0.617. The fourth-order valence-electron chi connectivity index (χ4n) is 3.56. The van der Waals surface area contributed by atoms with Crippen molar-refractivity contribution in [3.63, 3.8) is 0 Å². The lowest BCUT2D eigenvalue weighted by molar-refractivity contribution is -0.146. The summed E-state index contributed by atoms with van der Waals surface area (Å²) in [5, 5.41) is 13.3. The highest BCUT2D eigenvalue weighted by atomic mass is 19.1. The van der Waals surface area contributed by atoms with E-state index in [9.17, 15) is 19.2 Å². The van der Waals surface area contributed by atoms with Crippen molar-refractivity contribution in [2.24, 2.45) is 10.9 Å². The molecule has 0 atom stereocenters. The molecule has 0 saturated heterocycles. The first kappa shape index (κ1) is 19.9. The first-order valence-electron chi connectivity index (χ1n) is 9.46. The Morgan fingerprint density at radius 1 is 1.29 bits per heavy atom. The second-order valence-corrected chi connectivity index (χ2v) is 7.05. The molecule has 1 heterocycles. The van der Waals surface area contributed by atoms with Crippen molar-refractivity contribution in [2.75, 3.05) is 7.05 Å². The summed E-state index contributed by atoms with van der Waals surface area (Å²) in [6.07, 6.45) is 9.06. The monoisotopic (exact) mass is 385 g/mol. The normalized spacial score (nSPS) is 21.2. The molecule has 0 aromatic heterocycles. The first-order chi connectivity index (χ1) is 13.5. The summed E-state index contributed by atoms with van der Waals surface area (Å²) in [6, 6.07) is 5.72. The molecule has 0 unspecified atom stereocenters. The van der Waals surface area contributed by atoms with Crippen LogP contribution in [0.5, 0.6) is 0 Å². The van der Waals surface area contributed by atoms with Gasteiger partial charge in [0.05, 0.1) is 0 Å². The van der Waals surface area contributed by atoms with Crippen molar-refractivity contribution in [1.82, 2.24) is 10.4 Å². The maximum Gasteiger partial charge on any atom is 0.289 e. The van der Waals surface area contributed by atoms with Crippen LogP contribution in [0.1, 0.15) is 37.7 Å². The number of carbonyl (C=O) groups excluding carboxylic acids is 2. The number of hydroxylamine groups is 2. The molecule has 1 fully saturated rings. The zero-order chi connectivity index (χ0) is 20.1. The van der Waals surface area contributed by atoms with E-state index >= 15 is 0 Å². The van der Waals surface area contributed by atoms with Crippen LogP contribution < -0.4 is 5.32 Å². The number of benzene rings is 1. The van der Waals surface area contributed by atoms with Crippen LogP contribution in [-0.2, 0) is 16.1 Å². The van der Waals surface area contributed by atoms with Gasteiger partial charge < -0.3 is 5.32 Å². The van der Waals surface area contributed by atoms with Gasteiger partial charge in [0.25, 0.3) is 11.8 Å². The number of allylic oxidation sites excluding steroid dienone is 1. The van der Waals surface area contributed by atoms with E-state index in [-0.39, 0.29) is 23.8 Å². The largest absolute Gasteiger partial charge is 0.348 e. The summed E-state index contributed by atoms with van der Waals surface area (Å²) in [7, 11) is 1.49. The lowest BCUT2D eigenvalue weighted by Crippen LogP contribution is -2.43. The van der Waals surface area contributed by atoms with Crippen molar-refractivity contribution < 1.29 is 19.2 Å². The minimum absolute atomic E-state index is 0.144. The molecule has 1 saturated carbocycles. The van der Waals surface area contributed by atoms with E-state index in [1.165, 1.54) is 31.7 Å². The Balaban J connectivity index is 1.80. The zero-order valence-electron chi connectivity index (χ0n) is 15.8. The van der Waals surface area contributed by atoms with E-state index < -0.39 is 11.8 Å². The molecule has 3 rings (SSSR count). The van der Waals surface area contributed by atoms with Crippen LogP contribution in [0.15, 0.2) is 52.6 Å². The molecule has 0 bridgehead atoms. The SMILES string of the molecule is CN=C1/C(=C\C2CCCCC2)C=C(C(=O)NCc2ccc(F)cc2)C(=O)N1O. The Kier molecular flexibility index (Phi) is 6.36. The second kappa shape index (κ2) is 8.93. The maximum atomic E-state index is 13.0. The Morgan fingerprint density at radius 2 is 1.96 bits per heavy atom. The van der Waals surface area contributed by atoms with Gasteiger partial charge in [0.2, 0.25) is 0 Å². The fraction of sp³-hybridized carbons (Fsp3) is 0.381. The second-order valence-electron chi connectivity index (χ2n) is 7.05. The molecule has 2 amide bonds. The number of hydrogen-bond donors (Lipinski definition) is 2. The molecule has 2 N–H and O–H groups in total. The van der Waals surface area contributed by atoms with E-state index in [0.717, 1.165) is 25.7 Å². The highest BCUT2D eigenvalue weighted by Crippen LogP contribution is 2.28. The molecule has 0 radical (unpaired) electrons. The van der Waals surface area contributed by atoms with Gasteiger partial charge in [0.15, 0.2) is 5.84 Å². The highest BCUT2D eigenvalue weighted by molar-refractivity contribution is 6.27. The van der Waals surface area contributed by atoms with Crippen LogP contribution in [0.25, 0.3) is 0 Å². The van der Waals surface area contributed by atoms with Gasteiger partial charge in [-0.2, -0.15) is 5.06 Å². The molecule has 1 aliphatic carbocycles. The third-order valence-electron chi connectivity index (χ3n) is 5.07. The average Bonchev–Trinajstić information content (AvgIpc) is 2.71. The van der Waals surface area contributed by atoms with Gasteiger partial charge in [0.1, 0.15) is 11.4 Å². The molecule has 1 aromatic rings. The number of nitrogens with one attached hydrogen (secondary N) is 1. The summed E-state index contributed by atoms with van der Waals surface area (Å²) in [4.78, 5) is 29.0. The van der Waals surface area contributed by atoms with Gasteiger partial charge in [-0.15, -0.1) is 0 Å². The molecule has 28 heavy (non-hydrogen) atoms. The van der Waals surface area contributed by atoms with Gasteiger partial charge in [-0.25, -0.2) is 4.39 Å². The molecule has 148 valence electrons. The van der Waals surface area contributed by atoms with Crippen LogP contribution in [-0.4, -0.2) is 35.0 Å². The minimum Gasteiger partial charge on any atom is -0.348 e.